The average Bonchev–Trinajstić information content (AvgIpc) is 2.15. The van der Waals surface area contributed by atoms with E-state index in [-0.39, 0.29) is 12.1 Å². The van der Waals surface area contributed by atoms with Gasteiger partial charge in [-0.15, -0.1) is 0 Å². The van der Waals surface area contributed by atoms with E-state index < -0.39 is 0 Å². The molecular formula is C6H10O2Se. The van der Waals surface area contributed by atoms with Gasteiger partial charge in [-0.3, -0.25) is 0 Å². The maximum atomic E-state index is 10.4. The minimum absolute atomic E-state index is 0.127. The van der Waals surface area contributed by atoms with Crippen LogP contribution in [0.1, 0.15) is 13.3 Å². The Morgan fingerprint density at radius 1 is 1.78 bits per heavy atom. The van der Waals surface area contributed by atoms with E-state index in [4.69, 9.17) is 4.74 Å². The zero-order chi connectivity index (χ0) is 6.69. The van der Waals surface area contributed by atoms with Crippen molar-refractivity contribution >= 4 is 20.9 Å². The summed E-state index contributed by atoms with van der Waals surface area (Å²) in [5, 5.41) is 2.41. The van der Waals surface area contributed by atoms with Crippen molar-refractivity contribution in [3.8, 4) is 0 Å². The molecule has 1 heterocycles. The summed E-state index contributed by atoms with van der Waals surface area (Å²) in [7, 11) is 0. The summed E-state index contributed by atoms with van der Waals surface area (Å²) in [6.07, 6.45) is 1.36. The fourth-order valence-electron chi connectivity index (χ4n) is 0.841. The fraction of sp³-hybridized carbons (Fsp3) is 0.833. The molecule has 0 spiro atoms. The van der Waals surface area contributed by atoms with Crippen molar-refractivity contribution in [2.75, 3.05) is 0 Å². The van der Waals surface area contributed by atoms with Crippen LogP contribution in [0.4, 0.5) is 0 Å². The summed E-state index contributed by atoms with van der Waals surface area (Å²) in [5.41, 5.74) is 0. The second-order valence-electron chi connectivity index (χ2n) is 2.10. The zero-order valence-corrected chi connectivity index (χ0v) is 7.14. The molecule has 1 unspecified atom stereocenters. The second-order valence-corrected chi connectivity index (χ2v) is 4.51. The van der Waals surface area contributed by atoms with Crippen molar-refractivity contribution < 1.29 is 9.53 Å². The van der Waals surface area contributed by atoms with Gasteiger partial charge in [-0.2, -0.15) is 0 Å². The van der Waals surface area contributed by atoms with Crippen LogP contribution in [0.2, 0.25) is 10.6 Å². The van der Waals surface area contributed by atoms with Crippen molar-refractivity contribution in [2.45, 2.75) is 30.1 Å². The van der Waals surface area contributed by atoms with E-state index in [9.17, 15) is 4.79 Å². The van der Waals surface area contributed by atoms with Crippen molar-refractivity contribution in [1.29, 1.82) is 0 Å². The standard InChI is InChI=1S/C6H10O2Se/c1-5(7)8-6-2-3-9-4-6/h6H,2-4H2,1H3. The van der Waals surface area contributed by atoms with E-state index in [0.29, 0.717) is 0 Å². The Balaban J connectivity index is 2.19. The van der Waals surface area contributed by atoms with E-state index in [1.807, 2.05) is 0 Å². The predicted octanol–water partition coefficient (Wildman–Crippen LogP) is 0.863. The molecule has 1 aliphatic rings. The molecule has 0 saturated carbocycles. The van der Waals surface area contributed by atoms with Crippen LogP contribution in [0.15, 0.2) is 0 Å². The number of hydrogen-bond donors (Lipinski definition) is 0. The Morgan fingerprint density at radius 2 is 2.56 bits per heavy atom. The van der Waals surface area contributed by atoms with Crippen molar-refractivity contribution in [3.63, 3.8) is 0 Å². The average molecular weight is 193 g/mol. The minimum atomic E-state index is -0.127. The van der Waals surface area contributed by atoms with Crippen molar-refractivity contribution in [2.24, 2.45) is 0 Å². The summed E-state index contributed by atoms with van der Waals surface area (Å²) < 4.78 is 4.99. The molecule has 2 nitrogen and oxygen atoms in total. The topological polar surface area (TPSA) is 26.3 Å². The van der Waals surface area contributed by atoms with Gasteiger partial charge in [-0.1, -0.05) is 0 Å². The monoisotopic (exact) mass is 194 g/mol. The van der Waals surface area contributed by atoms with Crippen LogP contribution in [0.3, 0.4) is 0 Å². The third-order valence-corrected chi connectivity index (χ3v) is 3.60. The van der Waals surface area contributed by atoms with Gasteiger partial charge in [0.25, 0.3) is 0 Å². The first-order valence-corrected chi connectivity index (χ1v) is 5.46. The molecular weight excluding hydrogens is 183 g/mol. The SMILES string of the molecule is CC(=O)OC1CC[Se]C1. The van der Waals surface area contributed by atoms with Crippen LogP contribution in [0.25, 0.3) is 0 Å². The summed E-state index contributed by atoms with van der Waals surface area (Å²) in [6, 6.07) is 0. The summed E-state index contributed by atoms with van der Waals surface area (Å²) in [5.74, 6) is -0.127. The molecule has 9 heavy (non-hydrogen) atoms. The maximum absolute atomic E-state index is 10.4. The van der Waals surface area contributed by atoms with Gasteiger partial charge in [-0.05, 0) is 0 Å². The first kappa shape index (κ1) is 7.10. The van der Waals surface area contributed by atoms with E-state index in [1.165, 1.54) is 12.2 Å². The zero-order valence-electron chi connectivity index (χ0n) is 5.42. The Kier molecular flexibility index (Phi) is 2.55. The van der Waals surface area contributed by atoms with Crippen LogP contribution >= 0.6 is 0 Å². The van der Waals surface area contributed by atoms with Crippen molar-refractivity contribution in [3.05, 3.63) is 0 Å². The Morgan fingerprint density at radius 3 is 3.00 bits per heavy atom. The van der Waals surface area contributed by atoms with E-state index in [2.05, 4.69) is 0 Å². The summed E-state index contributed by atoms with van der Waals surface area (Å²) in [4.78, 5) is 10.4. The number of rotatable bonds is 1. The Labute approximate surface area is 61.1 Å². The van der Waals surface area contributed by atoms with Gasteiger partial charge in [0.05, 0.1) is 0 Å². The second kappa shape index (κ2) is 3.23. The molecule has 1 atom stereocenters. The van der Waals surface area contributed by atoms with Crippen LogP contribution < -0.4 is 0 Å². The molecule has 0 aromatic rings. The molecule has 1 fully saturated rings. The number of carbonyl (C=O) groups is 1. The third kappa shape index (κ3) is 2.37. The Hall–Kier alpha value is -0.0105. The summed E-state index contributed by atoms with van der Waals surface area (Å²) in [6.45, 7) is 1.48. The third-order valence-electron chi connectivity index (χ3n) is 1.22. The van der Waals surface area contributed by atoms with Gasteiger partial charge in [0.2, 0.25) is 0 Å². The van der Waals surface area contributed by atoms with Gasteiger partial charge >= 0.3 is 60.5 Å². The summed E-state index contributed by atoms with van der Waals surface area (Å²) >= 11 is 0.750. The van der Waals surface area contributed by atoms with Gasteiger partial charge < -0.3 is 0 Å². The van der Waals surface area contributed by atoms with Crippen molar-refractivity contribution in [1.82, 2.24) is 0 Å². The Bertz CT molecular complexity index is 108. The molecule has 1 rings (SSSR count). The molecule has 52 valence electrons. The molecule has 0 amide bonds. The quantitative estimate of drug-likeness (QED) is 0.456. The van der Waals surface area contributed by atoms with E-state index >= 15 is 0 Å². The number of carbonyl (C=O) groups excluding carboxylic acids is 1. The number of ether oxygens (including phenoxy) is 1. The first-order chi connectivity index (χ1) is 4.29. The van der Waals surface area contributed by atoms with Gasteiger partial charge in [-0.25, -0.2) is 0 Å². The molecule has 0 aromatic carbocycles. The molecule has 0 aromatic heterocycles. The molecule has 1 saturated heterocycles. The molecule has 3 heteroatoms. The van der Waals surface area contributed by atoms with Gasteiger partial charge in [0, 0.05) is 0 Å². The van der Waals surface area contributed by atoms with E-state index in [1.54, 1.807) is 0 Å². The number of esters is 1. The van der Waals surface area contributed by atoms with Crippen LogP contribution in [-0.2, 0) is 9.53 Å². The normalized spacial score (nSPS) is 26.1. The van der Waals surface area contributed by atoms with Crippen LogP contribution in [-0.4, -0.2) is 27.0 Å². The van der Waals surface area contributed by atoms with Gasteiger partial charge in [0.15, 0.2) is 0 Å². The molecule has 0 N–H and O–H groups in total. The molecule has 0 radical (unpaired) electrons. The molecule has 1 aliphatic heterocycles. The van der Waals surface area contributed by atoms with Crippen LogP contribution in [0, 0.1) is 0 Å². The first-order valence-electron chi connectivity index (χ1n) is 3.04. The fourth-order valence-corrected chi connectivity index (χ4v) is 3.14. The molecule has 0 aliphatic carbocycles. The number of hydrogen-bond acceptors (Lipinski definition) is 2. The van der Waals surface area contributed by atoms with Gasteiger partial charge in [0.1, 0.15) is 0 Å². The van der Waals surface area contributed by atoms with Crippen LogP contribution in [0.5, 0.6) is 0 Å². The van der Waals surface area contributed by atoms with E-state index in [0.717, 1.165) is 26.7 Å². The molecule has 0 bridgehead atoms. The predicted molar refractivity (Wildman–Crippen MR) is 35.5 cm³/mol.